The predicted octanol–water partition coefficient (Wildman–Crippen LogP) is 1.04. The second kappa shape index (κ2) is 5.45. The molecule has 1 fully saturated rings. The van der Waals surface area contributed by atoms with Gasteiger partial charge in [-0.15, -0.1) is 0 Å². The number of likely N-dealkylation sites (N-methyl/N-ethyl adjacent to an activating group) is 1. The van der Waals surface area contributed by atoms with Crippen LogP contribution in [0.25, 0.3) is 11.4 Å². The number of hydrogen-bond acceptors (Lipinski definition) is 6. The lowest BCUT2D eigenvalue weighted by atomic mass is 10.3. The van der Waals surface area contributed by atoms with Crippen LogP contribution in [-0.2, 0) is 0 Å². The maximum absolute atomic E-state index is 13.9. The normalized spacial score (nSPS) is 18.4. The Morgan fingerprint density at radius 2 is 2.33 bits per heavy atom. The Balaban J connectivity index is 1.95. The van der Waals surface area contributed by atoms with E-state index in [0.29, 0.717) is 17.6 Å². The van der Waals surface area contributed by atoms with Crippen molar-refractivity contribution in [3.05, 3.63) is 17.0 Å². The highest BCUT2D eigenvalue weighted by atomic mass is 35.5. The molecular formula is C12H15ClFN7. The van der Waals surface area contributed by atoms with Crippen LogP contribution in [0.4, 0.5) is 16.2 Å². The number of anilines is 2. The molecular weight excluding hydrogens is 297 g/mol. The molecule has 0 spiro atoms. The van der Waals surface area contributed by atoms with Crippen LogP contribution in [0, 0.1) is 5.82 Å². The van der Waals surface area contributed by atoms with Gasteiger partial charge >= 0.3 is 0 Å². The number of halogens is 2. The predicted molar refractivity (Wildman–Crippen MR) is 78.7 cm³/mol. The van der Waals surface area contributed by atoms with Crippen molar-refractivity contribution in [2.24, 2.45) is 0 Å². The van der Waals surface area contributed by atoms with Crippen LogP contribution in [0.15, 0.2) is 6.07 Å². The van der Waals surface area contributed by atoms with Gasteiger partial charge in [0.05, 0.1) is 0 Å². The first kappa shape index (κ1) is 14.0. The molecule has 0 aliphatic carbocycles. The molecule has 0 saturated carbocycles. The third-order valence-electron chi connectivity index (χ3n) is 3.56. The summed E-state index contributed by atoms with van der Waals surface area (Å²) in [4.78, 5) is 10.3. The van der Waals surface area contributed by atoms with Gasteiger partial charge in [0.15, 0.2) is 11.0 Å². The van der Waals surface area contributed by atoms with E-state index in [0.717, 1.165) is 19.5 Å². The zero-order valence-corrected chi connectivity index (χ0v) is 12.2. The molecule has 0 aromatic carbocycles. The maximum atomic E-state index is 13.9. The largest absolute Gasteiger partial charge is 0.368 e. The number of aromatic nitrogens is 4. The lowest BCUT2D eigenvalue weighted by Crippen LogP contribution is -2.30. The summed E-state index contributed by atoms with van der Waals surface area (Å²) in [5.41, 5.74) is 6.08. The standard InChI is InChI=1S/C12H15ClFN7/c1-16-6-2-3-21(5-6)8-4-7(17-12(15)18-8)10-9(14)11(13)20-19-10/h4,6,16H,2-3,5H2,1H3,(H,19,20)(H2,15,17,18)/t6-/m1/s1. The Bertz CT molecular complexity index is 659. The fourth-order valence-corrected chi connectivity index (χ4v) is 2.55. The van der Waals surface area contributed by atoms with Gasteiger partial charge in [-0.25, -0.2) is 9.37 Å². The number of nitrogens with two attached hydrogens (primary N) is 1. The summed E-state index contributed by atoms with van der Waals surface area (Å²) in [6.45, 7) is 1.67. The fraction of sp³-hybridized carbons (Fsp3) is 0.417. The van der Waals surface area contributed by atoms with Crippen LogP contribution in [0.3, 0.4) is 0 Å². The van der Waals surface area contributed by atoms with E-state index in [1.807, 2.05) is 7.05 Å². The molecule has 0 unspecified atom stereocenters. The Labute approximate surface area is 125 Å². The van der Waals surface area contributed by atoms with Gasteiger partial charge in [-0.3, -0.25) is 5.10 Å². The number of rotatable bonds is 3. The molecule has 0 bridgehead atoms. The van der Waals surface area contributed by atoms with E-state index in [-0.39, 0.29) is 16.8 Å². The summed E-state index contributed by atoms with van der Waals surface area (Å²) in [6.07, 6.45) is 1.01. The summed E-state index contributed by atoms with van der Waals surface area (Å²) in [5, 5.41) is 9.27. The van der Waals surface area contributed by atoms with E-state index < -0.39 is 5.82 Å². The van der Waals surface area contributed by atoms with E-state index in [1.54, 1.807) is 6.07 Å². The van der Waals surface area contributed by atoms with Gasteiger partial charge in [0, 0.05) is 25.2 Å². The Kier molecular flexibility index (Phi) is 3.64. The van der Waals surface area contributed by atoms with Crippen LogP contribution in [-0.4, -0.2) is 46.3 Å². The maximum Gasteiger partial charge on any atom is 0.222 e. The third kappa shape index (κ3) is 2.64. The lowest BCUT2D eigenvalue weighted by Gasteiger charge is -2.18. The molecule has 9 heteroatoms. The summed E-state index contributed by atoms with van der Waals surface area (Å²) in [6, 6.07) is 2.07. The molecule has 21 heavy (non-hydrogen) atoms. The van der Waals surface area contributed by atoms with Crippen LogP contribution in [0.5, 0.6) is 0 Å². The molecule has 3 heterocycles. The molecule has 1 aliphatic heterocycles. The quantitative estimate of drug-likeness (QED) is 0.784. The molecule has 0 radical (unpaired) electrons. The van der Waals surface area contributed by atoms with Crippen molar-refractivity contribution in [2.75, 3.05) is 30.8 Å². The number of nitrogens with zero attached hydrogens (tertiary/aromatic N) is 4. The summed E-state index contributed by atoms with van der Waals surface area (Å²) >= 11 is 5.64. The lowest BCUT2D eigenvalue weighted by molar-refractivity contribution is 0.616. The van der Waals surface area contributed by atoms with Crippen molar-refractivity contribution >= 4 is 23.4 Å². The Morgan fingerprint density at radius 3 is 2.95 bits per heavy atom. The van der Waals surface area contributed by atoms with Crippen molar-refractivity contribution in [3.8, 4) is 11.4 Å². The monoisotopic (exact) mass is 311 g/mol. The van der Waals surface area contributed by atoms with Crippen LogP contribution >= 0.6 is 11.6 Å². The molecule has 2 aromatic heterocycles. The highest BCUT2D eigenvalue weighted by Crippen LogP contribution is 2.27. The molecule has 4 N–H and O–H groups in total. The van der Waals surface area contributed by atoms with Gasteiger partial charge < -0.3 is 16.0 Å². The summed E-state index contributed by atoms with van der Waals surface area (Å²) < 4.78 is 13.9. The second-order valence-corrected chi connectivity index (χ2v) is 5.27. The molecule has 3 rings (SSSR count). The topological polar surface area (TPSA) is 95.8 Å². The first-order valence-electron chi connectivity index (χ1n) is 6.55. The zero-order valence-electron chi connectivity index (χ0n) is 11.4. The highest BCUT2D eigenvalue weighted by molar-refractivity contribution is 6.29. The molecule has 1 atom stereocenters. The number of hydrogen-bond donors (Lipinski definition) is 3. The SMILES string of the molecule is CN[C@@H]1CCN(c2cc(-c3n[nH]c(Cl)c3F)nc(N)n2)C1. The average molecular weight is 312 g/mol. The van der Waals surface area contributed by atoms with E-state index in [2.05, 4.69) is 30.4 Å². The van der Waals surface area contributed by atoms with Crippen molar-refractivity contribution in [1.82, 2.24) is 25.5 Å². The minimum absolute atomic E-state index is 0.0414. The van der Waals surface area contributed by atoms with Gasteiger partial charge in [-0.2, -0.15) is 10.1 Å². The summed E-state index contributed by atoms with van der Waals surface area (Å²) in [7, 11) is 1.93. The first-order valence-corrected chi connectivity index (χ1v) is 6.92. The molecule has 112 valence electrons. The van der Waals surface area contributed by atoms with E-state index in [9.17, 15) is 4.39 Å². The van der Waals surface area contributed by atoms with Crippen molar-refractivity contribution in [2.45, 2.75) is 12.5 Å². The zero-order chi connectivity index (χ0) is 15.0. The molecule has 1 saturated heterocycles. The number of nitrogen functional groups attached to an aromatic ring is 1. The van der Waals surface area contributed by atoms with Gasteiger partial charge in [-0.05, 0) is 13.5 Å². The first-order chi connectivity index (χ1) is 10.1. The van der Waals surface area contributed by atoms with Gasteiger partial charge in [0.2, 0.25) is 5.95 Å². The van der Waals surface area contributed by atoms with Crippen molar-refractivity contribution in [1.29, 1.82) is 0 Å². The van der Waals surface area contributed by atoms with E-state index in [4.69, 9.17) is 17.3 Å². The average Bonchev–Trinajstić information content (AvgIpc) is 3.06. The van der Waals surface area contributed by atoms with Crippen molar-refractivity contribution < 1.29 is 4.39 Å². The number of aromatic amines is 1. The molecule has 7 nitrogen and oxygen atoms in total. The van der Waals surface area contributed by atoms with Crippen molar-refractivity contribution in [3.63, 3.8) is 0 Å². The number of H-pyrrole nitrogens is 1. The van der Waals surface area contributed by atoms with Gasteiger partial charge in [-0.1, -0.05) is 11.6 Å². The Hall–Kier alpha value is -1.93. The smallest absolute Gasteiger partial charge is 0.222 e. The molecule has 0 amide bonds. The van der Waals surface area contributed by atoms with Gasteiger partial charge in [0.25, 0.3) is 0 Å². The third-order valence-corrected chi connectivity index (χ3v) is 3.81. The summed E-state index contributed by atoms with van der Waals surface area (Å²) in [5.74, 6) is 0.0953. The molecule has 2 aromatic rings. The van der Waals surface area contributed by atoms with Gasteiger partial charge in [0.1, 0.15) is 17.2 Å². The van der Waals surface area contributed by atoms with E-state index in [1.165, 1.54) is 0 Å². The fourth-order valence-electron chi connectivity index (χ4n) is 2.42. The minimum Gasteiger partial charge on any atom is -0.368 e. The minimum atomic E-state index is -0.643. The van der Waals surface area contributed by atoms with Crippen LogP contribution < -0.4 is 16.0 Å². The highest BCUT2D eigenvalue weighted by Gasteiger charge is 2.24. The van der Waals surface area contributed by atoms with E-state index >= 15 is 0 Å². The molecule has 1 aliphatic rings. The Morgan fingerprint density at radius 1 is 1.52 bits per heavy atom. The number of nitrogens with one attached hydrogen (secondary N) is 2. The second-order valence-electron chi connectivity index (χ2n) is 4.89. The van der Waals surface area contributed by atoms with Crippen LogP contribution in [0.2, 0.25) is 5.15 Å². The van der Waals surface area contributed by atoms with Crippen LogP contribution in [0.1, 0.15) is 6.42 Å².